The highest BCUT2D eigenvalue weighted by Gasteiger charge is 2.19. The molecule has 0 radical (unpaired) electrons. The molecule has 1 aliphatic heterocycles. The zero-order valence-electron chi connectivity index (χ0n) is 19.6. The van der Waals surface area contributed by atoms with E-state index in [1.807, 2.05) is 12.3 Å². The molecule has 5 aromatic rings. The molecule has 0 atom stereocenters. The van der Waals surface area contributed by atoms with Crippen LogP contribution in [0.5, 0.6) is 5.75 Å². The Morgan fingerprint density at radius 2 is 1.91 bits per heavy atom. The van der Waals surface area contributed by atoms with E-state index in [0.717, 1.165) is 62.0 Å². The van der Waals surface area contributed by atoms with E-state index in [-0.39, 0.29) is 5.63 Å². The van der Waals surface area contributed by atoms with Gasteiger partial charge in [0.05, 0.1) is 23.6 Å². The summed E-state index contributed by atoms with van der Waals surface area (Å²) in [7, 11) is 0. The summed E-state index contributed by atoms with van der Waals surface area (Å²) in [6.45, 7) is 4.71. The number of likely N-dealkylation sites (tertiary alicyclic amines) is 1. The summed E-state index contributed by atoms with van der Waals surface area (Å²) in [5.41, 5.74) is 3.28. The molecule has 4 heterocycles. The van der Waals surface area contributed by atoms with Gasteiger partial charge in [0, 0.05) is 43.0 Å². The summed E-state index contributed by atoms with van der Waals surface area (Å²) in [6.07, 6.45) is 6.87. The van der Waals surface area contributed by atoms with Crippen molar-refractivity contribution in [2.45, 2.75) is 31.8 Å². The average molecular weight is 472 g/mol. The summed E-state index contributed by atoms with van der Waals surface area (Å²) in [5.74, 6) is 0.718. The predicted molar refractivity (Wildman–Crippen MR) is 137 cm³/mol. The Morgan fingerprint density at radius 3 is 2.83 bits per heavy atom. The fraction of sp³-hybridized carbons (Fsp3) is 0.321. The van der Waals surface area contributed by atoms with Gasteiger partial charge >= 0.3 is 5.63 Å². The number of ether oxygens (including phenoxy) is 1. The summed E-state index contributed by atoms with van der Waals surface area (Å²) >= 11 is 0. The Morgan fingerprint density at radius 1 is 1.03 bits per heavy atom. The molecular formula is C28H29N3O4. The number of benzene rings is 2. The highest BCUT2D eigenvalue weighted by molar-refractivity contribution is 6.01. The van der Waals surface area contributed by atoms with Crippen LogP contribution < -0.4 is 15.7 Å². The normalized spacial score (nSPS) is 15.4. The highest BCUT2D eigenvalue weighted by Crippen LogP contribution is 2.35. The Kier molecular flexibility index (Phi) is 6.02. The molecule has 180 valence electrons. The Bertz CT molecular complexity index is 1510. The second kappa shape index (κ2) is 9.60. The van der Waals surface area contributed by atoms with E-state index in [2.05, 4.69) is 39.5 Å². The van der Waals surface area contributed by atoms with E-state index >= 15 is 0 Å². The van der Waals surface area contributed by atoms with Gasteiger partial charge in [0.2, 0.25) is 0 Å². The first kappa shape index (κ1) is 21.9. The molecule has 1 fully saturated rings. The van der Waals surface area contributed by atoms with Crippen molar-refractivity contribution in [1.82, 2.24) is 15.2 Å². The molecule has 0 aliphatic carbocycles. The number of furan rings is 1. The van der Waals surface area contributed by atoms with Crippen LogP contribution in [0.3, 0.4) is 0 Å². The minimum absolute atomic E-state index is 0.381. The molecule has 0 unspecified atom stereocenters. The van der Waals surface area contributed by atoms with Gasteiger partial charge in [-0.2, -0.15) is 0 Å². The van der Waals surface area contributed by atoms with Crippen molar-refractivity contribution in [3.8, 4) is 5.75 Å². The third-order valence-corrected chi connectivity index (χ3v) is 6.97. The second-order valence-electron chi connectivity index (χ2n) is 9.30. The quantitative estimate of drug-likeness (QED) is 0.244. The van der Waals surface area contributed by atoms with Gasteiger partial charge in [-0.1, -0.05) is 6.07 Å². The van der Waals surface area contributed by atoms with Gasteiger partial charge in [-0.05, 0) is 73.6 Å². The van der Waals surface area contributed by atoms with Crippen LogP contribution in [0.25, 0.3) is 32.8 Å². The van der Waals surface area contributed by atoms with E-state index < -0.39 is 0 Å². The first-order valence-corrected chi connectivity index (χ1v) is 12.3. The van der Waals surface area contributed by atoms with E-state index in [1.165, 1.54) is 22.5 Å². The lowest BCUT2D eigenvalue weighted by atomic mass is 10.0. The van der Waals surface area contributed by atoms with Crippen molar-refractivity contribution in [3.63, 3.8) is 0 Å². The van der Waals surface area contributed by atoms with Crippen LogP contribution in [0.1, 0.15) is 24.8 Å². The lowest BCUT2D eigenvalue weighted by Crippen LogP contribution is -2.42. The molecule has 2 N–H and O–H groups in total. The van der Waals surface area contributed by atoms with E-state index in [0.29, 0.717) is 23.8 Å². The molecule has 2 aromatic carbocycles. The summed E-state index contributed by atoms with van der Waals surface area (Å²) in [4.78, 5) is 17.4. The molecule has 1 saturated heterocycles. The Hall–Kier alpha value is -3.55. The van der Waals surface area contributed by atoms with Gasteiger partial charge in [0.25, 0.3) is 0 Å². The smallest absolute Gasteiger partial charge is 0.336 e. The first-order chi connectivity index (χ1) is 17.2. The van der Waals surface area contributed by atoms with E-state index in [9.17, 15) is 4.79 Å². The average Bonchev–Trinajstić information content (AvgIpc) is 3.54. The number of aromatic nitrogens is 1. The van der Waals surface area contributed by atoms with Crippen molar-refractivity contribution in [3.05, 3.63) is 77.0 Å². The number of hydrogen-bond donors (Lipinski definition) is 2. The molecular weight excluding hydrogens is 442 g/mol. The maximum atomic E-state index is 11.6. The largest absolute Gasteiger partial charge is 0.492 e. The molecule has 0 spiro atoms. The Balaban J connectivity index is 0.982. The van der Waals surface area contributed by atoms with E-state index in [4.69, 9.17) is 13.6 Å². The second-order valence-corrected chi connectivity index (χ2v) is 9.30. The number of nitrogens with zero attached hydrogens (tertiary/aromatic N) is 1. The Labute approximate surface area is 202 Å². The van der Waals surface area contributed by atoms with Crippen LogP contribution in [0.15, 0.2) is 74.6 Å². The molecule has 35 heavy (non-hydrogen) atoms. The van der Waals surface area contributed by atoms with Gasteiger partial charge in [-0.3, -0.25) is 0 Å². The SMILES string of the molecule is O=c1ccc2c(OCCCN3CCC(NCc4ccc5[nH]ccc5c4)CC3)c3ccoc3cc2o1. The topological polar surface area (TPSA) is 83.6 Å². The number of H-pyrrole nitrogens is 1. The van der Waals surface area contributed by atoms with Gasteiger partial charge in [-0.15, -0.1) is 0 Å². The van der Waals surface area contributed by atoms with Crippen molar-refractivity contribution in [1.29, 1.82) is 0 Å². The van der Waals surface area contributed by atoms with Crippen LogP contribution in [0.2, 0.25) is 0 Å². The molecule has 0 bridgehead atoms. The van der Waals surface area contributed by atoms with Crippen molar-refractivity contribution in [2.24, 2.45) is 0 Å². The molecule has 0 saturated carbocycles. The first-order valence-electron chi connectivity index (χ1n) is 12.3. The zero-order valence-corrected chi connectivity index (χ0v) is 19.6. The van der Waals surface area contributed by atoms with E-state index in [1.54, 1.807) is 18.4 Å². The van der Waals surface area contributed by atoms with Crippen molar-refractivity contribution in [2.75, 3.05) is 26.2 Å². The lowest BCUT2D eigenvalue weighted by molar-refractivity contribution is 0.182. The summed E-state index contributed by atoms with van der Waals surface area (Å²) in [5, 5.41) is 6.69. The third kappa shape index (κ3) is 4.70. The minimum atomic E-state index is -0.381. The standard InChI is InChI=1S/C28H29N3O4/c32-27-5-3-22-26(35-27)17-25-23(9-15-33-25)28(22)34-14-1-11-31-12-7-21(8-13-31)30-18-19-2-4-24-20(16-19)6-10-29-24/h2-6,9-10,15-17,21,29-30H,1,7-8,11-14,18H2. The molecule has 1 aliphatic rings. The van der Waals surface area contributed by atoms with Gasteiger partial charge in [-0.25, -0.2) is 4.79 Å². The fourth-order valence-corrected chi connectivity index (χ4v) is 5.06. The van der Waals surface area contributed by atoms with Gasteiger partial charge < -0.3 is 28.8 Å². The molecule has 7 nitrogen and oxygen atoms in total. The summed E-state index contributed by atoms with van der Waals surface area (Å²) < 4.78 is 17.1. The van der Waals surface area contributed by atoms with Crippen LogP contribution >= 0.6 is 0 Å². The summed E-state index contributed by atoms with van der Waals surface area (Å²) in [6, 6.07) is 16.1. The predicted octanol–water partition coefficient (Wildman–Crippen LogP) is 5.04. The number of hydrogen-bond acceptors (Lipinski definition) is 6. The highest BCUT2D eigenvalue weighted by atomic mass is 16.5. The van der Waals surface area contributed by atoms with Crippen LogP contribution in [0, 0.1) is 0 Å². The molecule has 7 heteroatoms. The fourth-order valence-electron chi connectivity index (χ4n) is 5.06. The van der Waals surface area contributed by atoms with Crippen LogP contribution in [-0.2, 0) is 6.54 Å². The number of rotatable bonds is 8. The monoisotopic (exact) mass is 471 g/mol. The van der Waals surface area contributed by atoms with Crippen LogP contribution in [0.4, 0.5) is 0 Å². The molecule has 3 aromatic heterocycles. The number of piperidine rings is 1. The molecule has 0 amide bonds. The maximum Gasteiger partial charge on any atom is 0.336 e. The van der Waals surface area contributed by atoms with Crippen molar-refractivity contribution >= 4 is 32.8 Å². The number of aromatic amines is 1. The zero-order chi connectivity index (χ0) is 23.6. The minimum Gasteiger partial charge on any atom is -0.492 e. The third-order valence-electron chi connectivity index (χ3n) is 6.97. The number of nitrogens with one attached hydrogen (secondary N) is 2. The lowest BCUT2D eigenvalue weighted by Gasteiger charge is -2.32. The number of fused-ring (bicyclic) bond motifs is 3. The molecule has 6 rings (SSSR count). The van der Waals surface area contributed by atoms with Crippen LogP contribution in [-0.4, -0.2) is 42.2 Å². The van der Waals surface area contributed by atoms with Gasteiger partial charge in [0.15, 0.2) is 0 Å². The van der Waals surface area contributed by atoms with Gasteiger partial charge in [0.1, 0.15) is 16.9 Å². The maximum absolute atomic E-state index is 11.6. The van der Waals surface area contributed by atoms with Crippen molar-refractivity contribution < 1.29 is 13.6 Å².